The van der Waals surface area contributed by atoms with Crippen LogP contribution in [0.25, 0.3) is 0 Å². The molecule has 0 unspecified atom stereocenters. The molecule has 1 aromatic heterocycles. The first-order valence-electron chi connectivity index (χ1n) is 6.93. The lowest BCUT2D eigenvalue weighted by Crippen LogP contribution is -2.30. The van der Waals surface area contributed by atoms with Crippen LogP contribution in [0, 0.1) is 0 Å². The minimum Gasteiger partial charge on any atom is -0.350 e. The molecule has 0 bridgehead atoms. The summed E-state index contributed by atoms with van der Waals surface area (Å²) in [5.74, 6) is -0.121. The summed E-state index contributed by atoms with van der Waals surface area (Å²) in [6.45, 7) is 0.385. The Kier molecular flexibility index (Phi) is 4.85. The molecule has 0 atom stereocenters. The standard InChI is InChI=1S/C16H12Cl3N3O/c17-11-2-1-9(13(18)6-11)5-16(23)21-7-12-3-10-4-15(19)20-8-14(10)22-12/h1-2,4,6,8H,3,5,7H2,(H,21,23). The number of aromatic nitrogens is 1. The molecule has 1 aliphatic rings. The van der Waals surface area contributed by atoms with E-state index in [0.717, 1.165) is 22.5 Å². The number of amides is 1. The minimum absolute atomic E-state index is 0.121. The maximum atomic E-state index is 12.0. The van der Waals surface area contributed by atoms with Crippen LogP contribution in [-0.4, -0.2) is 23.1 Å². The number of hydrogen-bond acceptors (Lipinski definition) is 3. The first kappa shape index (κ1) is 16.2. The predicted molar refractivity (Wildman–Crippen MR) is 93.2 cm³/mol. The monoisotopic (exact) mass is 367 g/mol. The van der Waals surface area contributed by atoms with Crippen molar-refractivity contribution in [3.05, 3.63) is 56.8 Å². The number of carbonyl (C=O) groups excluding carboxylic acids is 1. The van der Waals surface area contributed by atoms with Gasteiger partial charge in [0.05, 0.1) is 24.8 Å². The highest BCUT2D eigenvalue weighted by Gasteiger charge is 2.16. The summed E-state index contributed by atoms with van der Waals surface area (Å²) in [6.07, 6.45) is 2.50. The SMILES string of the molecule is O=C(Cc1ccc(Cl)cc1Cl)NCC1=Nc2cnc(Cl)cc2C1. The molecule has 1 amide bonds. The normalized spacial score (nSPS) is 12.7. The number of rotatable bonds is 4. The Hall–Kier alpha value is -1.62. The molecule has 0 saturated heterocycles. The third kappa shape index (κ3) is 4.02. The van der Waals surface area contributed by atoms with E-state index in [1.54, 1.807) is 30.5 Å². The van der Waals surface area contributed by atoms with Gasteiger partial charge in [-0.15, -0.1) is 0 Å². The topological polar surface area (TPSA) is 54.4 Å². The van der Waals surface area contributed by atoms with Crippen molar-refractivity contribution in [2.45, 2.75) is 12.8 Å². The van der Waals surface area contributed by atoms with Gasteiger partial charge >= 0.3 is 0 Å². The molecule has 4 nitrogen and oxygen atoms in total. The van der Waals surface area contributed by atoms with Crippen LogP contribution in [0.5, 0.6) is 0 Å². The zero-order valence-corrected chi connectivity index (χ0v) is 14.2. The van der Waals surface area contributed by atoms with Crippen LogP contribution in [0.4, 0.5) is 5.69 Å². The first-order chi connectivity index (χ1) is 11.0. The molecule has 2 heterocycles. The van der Waals surface area contributed by atoms with Gasteiger partial charge in [-0.3, -0.25) is 9.79 Å². The summed E-state index contributed by atoms with van der Waals surface area (Å²) < 4.78 is 0. The summed E-state index contributed by atoms with van der Waals surface area (Å²) >= 11 is 17.8. The largest absolute Gasteiger partial charge is 0.350 e. The van der Waals surface area contributed by atoms with Crippen LogP contribution >= 0.6 is 34.8 Å². The summed E-state index contributed by atoms with van der Waals surface area (Å²) in [5, 5.41) is 4.33. The van der Waals surface area contributed by atoms with Crippen molar-refractivity contribution in [2.24, 2.45) is 4.99 Å². The van der Waals surface area contributed by atoms with Crippen LogP contribution in [0.1, 0.15) is 11.1 Å². The second-order valence-electron chi connectivity index (χ2n) is 5.18. The van der Waals surface area contributed by atoms with Gasteiger partial charge in [0.25, 0.3) is 0 Å². The van der Waals surface area contributed by atoms with E-state index < -0.39 is 0 Å². The quantitative estimate of drug-likeness (QED) is 0.828. The number of aliphatic imine (C=N–C) groups is 1. The molecule has 1 aromatic carbocycles. The van der Waals surface area contributed by atoms with Gasteiger partial charge in [0.1, 0.15) is 5.15 Å². The molecule has 0 spiro atoms. The Labute approximate surface area is 148 Å². The molecular formula is C16H12Cl3N3O. The van der Waals surface area contributed by atoms with E-state index in [1.807, 2.05) is 0 Å². The average Bonchev–Trinajstić information content (AvgIpc) is 2.90. The van der Waals surface area contributed by atoms with E-state index >= 15 is 0 Å². The van der Waals surface area contributed by atoms with Crippen molar-refractivity contribution in [2.75, 3.05) is 6.54 Å². The highest BCUT2D eigenvalue weighted by Crippen LogP contribution is 2.27. The van der Waals surface area contributed by atoms with E-state index in [4.69, 9.17) is 34.8 Å². The molecule has 7 heteroatoms. The van der Waals surface area contributed by atoms with Crippen molar-refractivity contribution >= 4 is 52.1 Å². The van der Waals surface area contributed by atoms with Gasteiger partial charge in [-0.1, -0.05) is 40.9 Å². The molecule has 0 fully saturated rings. The summed E-state index contributed by atoms with van der Waals surface area (Å²) in [6, 6.07) is 6.88. The number of pyridine rings is 1. The Bertz CT molecular complexity index is 805. The number of halogens is 3. The third-order valence-corrected chi connectivity index (χ3v) is 4.25. The maximum absolute atomic E-state index is 12.0. The molecule has 23 heavy (non-hydrogen) atoms. The van der Waals surface area contributed by atoms with Crippen LogP contribution < -0.4 is 5.32 Å². The summed E-state index contributed by atoms with van der Waals surface area (Å²) in [7, 11) is 0. The number of nitrogens with one attached hydrogen (secondary N) is 1. The van der Waals surface area contributed by atoms with Gasteiger partial charge in [0, 0.05) is 22.2 Å². The zero-order chi connectivity index (χ0) is 16.4. The van der Waals surface area contributed by atoms with Crippen molar-refractivity contribution in [3.63, 3.8) is 0 Å². The summed E-state index contributed by atoms with van der Waals surface area (Å²) in [5.41, 5.74) is 3.44. The van der Waals surface area contributed by atoms with Crippen molar-refractivity contribution in [1.82, 2.24) is 10.3 Å². The fraction of sp³-hybridized carbons (Fsp3) is 0.188. The smallest absolute Gasteiger partial charge is 0.224 e. The van der Waals surface area contributed by atoms with Crippen LogP contribution in [0.15, 0.2) is 35.5 Å². The number of fused-ring (bicyclic) bond motifs is 1. The van der Waals surface area contributed by atoms with Crippen LogP contribution in [0.2, 0.25) is 15.2 Å². The van der Waals surface area contributed by atoms with Gasteiger partial charge in [-0.25, -0.2) is 4.98 Å². The lowest BCUT2D eigenvalue weighted by molar-refractivity contribution is -0.120. The van der Waals surface area contributed by atoms with E-state index in [1.165, 1.54) is 0 Å². The molecule has 2 aromatic rings. The molecule has 0 radical (unpaired) electrons. The van der Waals surface area contributed by atoms with Crippen molar-refractivity contribution in [3.8, 4) is 0 Å². The fourth-order valence-corrected chi connectivity index (χ4v) is 2.99. The van der Waals surface area contributed by atoms with Gasteiger partial charge in [-0.2, -0.15) is 0 Å². The molecule has 0 saturated carbocycles. The van der Waals surface area contributed by atoms with Crippen molar-refractivity contribution in [1.29, 1.82) is 0 Å². The zero-order valence-electron chi connectivity index (χ0n) is 11.9. The Morgan fingerprint density at radius 2 is 2.04 bits per heavy atom. The van der Waals surface area contributed by atoms with Gasteiger partial charge in [0.15, 0.2) is 0 Å². The van der Waals surface area contributed by atoms with E-state index in [-0.39, 0.29) is 12.3 Å². The lowest BCUT2D eigenvalue weighted by Gasteiger charge is -2.07. The number of carbonyl (C=O) groups is 1. The fourth-order valence-electron chi connectivity index (χ4n) is 2.34. The molecule has 118 valence electrons. The molecule has 1 aliphatic heterocycles. The Morgan fingerprint density at radius 3 is 2.83 bits per heavy atom. The highest BCUT2D eigenvalue weighted by atomic mass is 35.5. The van der Waals surface area contributed by atoms with E-state index in [2.05, 4.69) is 15.3 Å². The molecule has 0 aliphatic carbocycles. The second-order valence-corrected chi connectivity index (χ2v) is 6.41. The minimum atomic E-state index is -0.121. The molecule has 1 N–H and O–H groups in total. The van der Waals surface area contributed by atoms with E-state index in [9.17, 15) is 4.79 Å². The molecular weight excluding hydrogens is 357 g/mol. The summed E-state index contributed by atoms with van der Waals surface area (Å²) in [4.78, 5) is 20.5. The van der Waals surface area contributed by atoms with Crippen LogP contribution in [-0.2, 0) is 17.6 Å². The molecule has 3 rings (SSSR count). The van der Waals surface area contributed by atoms with Crippen LogP contribution in [0.3, 0.4) is 0 Å². The van der Waals surface area contributed by atoms with Gasteiger partial charge < -0.3 is 5.32 Å². The maximum Gasteiger partial charge on any atom is 0.224 e. The van der Waals surface area contributed by atoms with Crippen molar-refractivity contribution < 1.29 is 4.79 Å². The predicted octanol–water partition coefficient (Wildman–Crippen LogP) is 4.03. The lowest BCUT2D eigenvalue weighted by atomic mass is 10.1. The second kappa shape index (κ2) is 6.87. The Morgan fingerprint density at radius 1 is 1.22 bits per heavy atom. The number of nitrogens with zero attached hydrogens (tertiary/aromatic N) is 2. The van der Waals surface area contributed by atoms with Gasteiger partial charge in [-0.05, 0) is 29.3 Å². The number of hydrogen-bond donors (Lipinski definition) is 1. The van der Waals surface area contributed by atoms with Gasteiger partial charge in [0.2, 0.25) is 5.91 Å². The third-order valence-electron chi connectivity index (χ3n) is 3.46. The average molecular weight is 369 g/mol. The number of benzene rings is 1. The van der Waals surface area contributed by atoms with E-state index in [0.29, 0.717) is 28.2 Å². The highest BCUT2D eigenvalue weighted by molar-refractivity contribution is 6.35. The Balaban J connectivity index is 1.56. The first-order valence-corrected chi connectivity index (χ1v) is 8.06.